The fourth-order valence-electron chi connectivity index (χ4n) is 4.68. The normalized spacial score (nSPS) is 12.5. The lowest BCUT2D eigenvalue weighted by molar-refractivity contribution is -0.142. The van der Waals surface area contributed by atoms with Crippen LogP contribution < -0.4 is 10.6 Å². The van der Waals surface area contributed by atoms with Gasteiger partial charge in [-0.25, -0.2) is 9.78 Å². The van der Waals surface area contributed by atoms with Gasteiger partial charge in [0, 0.05) is 38.2 Å². The van der Waals surface area contributed by atoms with Crippen molar-refractivity contribution >= 4 is 28.6 Å². The molecule has 0 radical (unpaired) electrons. The predicted molar refractivity (Wildman–Crippen MR) is 152 cm³/mol. The molecule has 4 N–H and O–H groups in total. The van der Waals surface area contributed by atoms with Crippen LogP contribution in [0.1, 0.15) is 36.8 Å². The van der Waals surface area contributed by atoms with E-state index in [2.05, 4.69) is 15.6 Å². The van der Waals surface area contributed by atoms with Crippen molar-refractivity contribution in [2.24, 2.45) is 0 Å². The Morgan fingerprint density at radius 2 is 1.62 bits per heavy atom. The van der Waals surface area contributed by atoms with Gasteiger partial charge in [-0.05, 0) is 46.9 Å². The summed E-state index contributed by atoms with van der Waals surface area (Å²) in [5.74, 6) is -1.92. The highest BCUT2D eigenvalue weighted by molar-refractivity contribution is 5.91. The maximum atomic E-state index is 13.4. The van der Waals surface area contributed by atoms with Crippen molar-refractivity contribution in [2.75, 3.05) is 0 Å². The Bertz CT molecular complexity index is 1410. The Kier molecular flexibility index (Phi) is 9.88. The number of carbonyl (C=O) groups excluding carboxylic acids is 2. The average Bonchev–Trinajstić information content (AvgIpc) is 3.47. The summed E-state index contributed by atoms with van der Waals surface area (Å²) in [6.45, 7) is 0.820. The second-order valence-electron chi connectivity index (χ2n) is 9.84. The standard InChI is InChI=1S/C31H34N4O5/c36-25-14-12-22(13-15-25)19-27(33-29(37)11-2-1-5-17-35-18-16-32-21-35)30(38)34-28(31(39)40)20-24-9-6-8-23-7-3-4-10-26(23)24/h3-4,6-10,12-16,18,21,27-28,36H,1-2,5,11,17,19-20H2,(H,33,37)(H,34,38)(H,39,40)/t27-,28-/m0/s1. The first-order valence-electron chi connectivity index (χ1n) is 13.4. The summed E-state index contributed by atoms with van der Waals surface area (Å²) < 4.78 is 1.98. The minimum Gasteiger partial charge on any atom is -0.508 e. The number of aryl methyl sites for hydroxylation is 1. The Hall–Kier alpha value is -4.66. The molecule has 3 aromatic carbocycles. The number of aromatic hydroxyl groups is 1. The van der Waals surface area contributed by atoms with Gasteiger partial charge in [0.2, 0.25) is 11.8 Å². The summed E-state index contributed by atoms with van der Waals surface area (Å²) in [5.41, 5.74) is 1.53. The predicted octanol–water partition coefficient (Wildman–Crippen LogP) is 3.84. The molecule has 0 saturated carbocycles. The number of nitrogens with one attached hydrogen (secondary N) is 2. The molecular weight excluding hydrogens is 508 g/mol. The highest BCUT2D eigenvalue weighted by Crippen LogP contribution is 2.20. The summed E-state index contributed by atoms with van der Waals surface area (Å²) in [7, 11) is 0. The van der Waals surface area contributed by atoms with Gasteiger partial charge >= 0.3 is 5.97 Å². The van der Waals surface area contributed by atoms with Crippen LogP contribution >= 0.6 is 0 Å². The van der Waals surface area contributed by atoms with E-state index in [1.807, 2.05) is 53.2 Å². The molecule has 0 aliphatic rings. The molecule has 1 aromatic heterocycles. The second-order valence-corrected chi connectivity index (χ2v) is 9.84. The van der Waals surface area contributed by atoms with Crippen molar-refractivity contribution in [3.05, 3.63) is 96.6 Å². The molecule has 1 heterocycles. The molecule has 0 fully saturated rings. The zero-order valence-corrected chi connectivity index (χ0v) is 22.2. The lowest BCUT2D eigenvalue weighted by Gasteiger charge is -2.22. The first kappa shape index (κ1) is 28.4. The monoisotopic (exact) mass is 542 g/mol. The van der Waals surface area contributed by atoms with E-state index in [9.17, 15) is 24.6 Å². The number of benzene rings is 3. The highest BCUT2D eigenvalue weighted by atomic mass is 16.4. The third-order valence-electron chi connectivity index (χ3n) is 6.83. The molecular formula is C31H34N4O5. The molecule has 9 heteroatoms. The zero-order chi connectivity index (χ0) is 28.3. The smallest absolute Gasteiger partial charge is 0.326 e. The van der Waals surface area contributed by atoms with E-state index >= 15 is 0 Å². The van der Waals surface area contributed by atoms with E-state index in [1.165, 1.54) is 12.1 Å². The number of carboxylic acid groups (broad SMARTS) is 1. The third kappa shape index (κ3) is 8.17. The van der Waals surface area contributed by atoms with E-state index in [0.29, 0.717) is 6.42 Å². The highest BCUT2D eigenvalue weighted by Gasteiger charge is 2.27. The Labute approximate surface area is 232 Å². The fourth-order valence-corrected chi connectivity index (χ4v) is 4.68. The number of carboxylic acids is 1. The molecule has 4 rings (SSSR count). The summed E-state index contributed by atoms with van der Waals surface area (Å²) in [6.07, 6.45) is 8.27. The van der Waals surface area contributed by atoms with Crippen molar-refractivity contribution in [3.63, 3.8) is 0 Å². The SMILES string of the molecule is O=C(CCCCCn1ccnc1)N[C@@H](Cc1ccc(O)cc1)C(=O)N[C@@H](Cc1cccc2ccccc12)C(=O)O. The van der Waals surface area contributed by atoms with Crippen LogP contribution in [0, 0.1) is 0 Å². The number of imidazole rings is 1. The lowest BCUT2D eigenvalue weighted by atomic mass is 9.98. The molecule has 9 nitrogen and oxygen atoms in total. The second kappa shape index (κ2) is 13.9. The van der Waals surface area contributed by atoms with Gasteiger partial charge in [0.1, 0.15) is 17.8 Å². The van der Waals surface area contributed by atoms with Crippen LogP contribution in [0.25, 0.3) is 10.8 Å². The van der Waals surface area contributed by atoms with Crippen molar-refractivity contribution in [2.45, 2.75) is 57.2 Å². The number of rotatable bonds is 14. The van der Waals surface area contributed by atoms with Gasteiger partial charge in [-0.3, -0.25) is 9.59 Å². The number of phenols is 1. The molecule has 40 heavy (non-hydrogen) atoms. The van der Waals surface area contributed by atoms with Gasteiger partial charge in [0.25, 0.3) is 0 Å². The van der Waals surface area contributed by atoms with Gasteiger partial charge in [0.15, 0.2) is 0 Å². The molecule has 2 amide bonds. The zero-order valence-electron chi connectivity index (χ0n) is 22.2. The molecule has 0 aliphatic carbocycles. The van der Waals surface area contributed by atoms with Gasteiger partial charge in [-0.2, -0.15) is 0 Å². The summed E-state index contributed by atoms with van der Waals surface area (Å²) in [6, 6.07) is 17.6. The number of aliphatic carboxylic acids is 1. The number of aromatic nitrogens is 2. The number of amides is 2. The minimum absolute atomic E-state index is 0.0884. The number of hydrogen-bond acceptors (Lipinski definition) is 5. The Morgan fingerprint density at radius 1 is 0.850 bits per heavy atom. The van der Waals surface area contributed by atoms with E-state index in [1.54, 1.807) is 24.7 Å². The van der Waals surface area contributed by atoms with Gasteiger partial charge in [-0.15, -0.1) is 0 Å². The van der Waals surface area contributed by atoms with Crippen LogP contribution in [0.3, 0.4) is 0 Å². The van der Waals surface area contributed by atoms with Crippen LogP contribution in [-0.4, -0.2) is 49.6 Å². The van der Waals surface area contributed by atoms with Crippen molar-refractivity contribution in [1.29, 1.82) is 0 Å². The molecule has 0 saturated heterocycles. The van der Waals surface area contributed by atoms with Gasteiger partial charge in [0.05, 0.1) is 6.33 Å². The van der Waals surface area contributed by atoms with Crippen LogP contribution in [-0.2, 0) is 33.8 Å². The summed E-state index contributed by atoms with van der Waals surface area (Å²) in [5, 5.41) is 26.9. The fraction of sp³-hybridized carbons (Fsp3) is 0.290. The maximum Gasteiger partial charge on any atom is 0.326 e. The maximum absolute atomic E-state index is 13.4. The van der Waals surface area contributed by atoms with E-state index in [-0.39, 0.29) is 30.9 Å². The molecule has 208 valence electrons. The number of fused-ring (bicyclic) bond motifs is 1. The van der Waals surface area contributed by atoms with E-state index in [4.69, 9.17) is 0 Å². The minimum atomic E-state index is -1.18. The number of unbranched alkanes of at least 4 members (excludes halogenated alkanes) is 2. The van der Waals surface area contributed by atoms with E-state index in [0.717, 1.165) is 41.3 Å². The third-order valence-corrected chi connectivity index (χ3v) is 6.83. The molecule has 4 aromatic rings. The lowest BCUT2D eigenvalue weighted by Crippen LogP contribution is -2.53. The Morgan fingerprint density at radius 3 is 2.38 bits per heavy atom. The molecule has 2 atom stereocenters. The van der Waals surface area contributed by atoms with Crippen LogP contribution in [0.2, 0.25) is 0 Å². The van der Waals surface area contributed by atoms with Crippen LogP contribution in [0.4, 0.5) is 0 Å². The van der Waals surface area contributed by atoms with Crippen molar-refractivity contribution in [1.82, 2.24) is 20.2 Å². The molecule has 0 bridgehead atoms. The number of hydrogen-bond donors (Lipinski definition) is 4. The quantitative estimate of drug-likeness (QED) is 0.179. The number of nitrogens with zero attached hydrogens (tertiary/aromatic N) is 2. The molecule has 0 spiro atoms. The van der Waals surface area contributed by atoms with Crippen molar-refractivity contribution < 1.29 is 24.6 Å². The van der Waals surface area contributed by atoms with Crippen LogP contribution in [0.15, 0.2) is 85.5 Å². The first-order valence-corrected chi connectivity index (χ1v) is 13.4. The van der Waals surface area contributed by atoms with E-state index < -0.39 is 24.0 Å². The molecule has 0 unspecified atom stereocenters. The summed E-state index contributed by atoms with van der Waals surface area (Å²) in [4.78, 5) is 42.4. The number of phenolic OH excluding ortho intramolecular Hbond substituents is 1. The Balaban J connectivity index is 1.40. The van der Waals surface area contributed by atoms with Gasteiger partial charge < -0.3 is 25.4 Å². The average molecular weight is 543 g/mol. The number of carbonyl (C=O) groups is 3. The summed E-state index contributed by atoms with van der Waals surface area (Å²) >= 11 is 0. The largest absolute Gasteiger partial charge is 0.508 e. The van der Waals surface area contributed by atoms with Gasteiger partial charge in [-0.1, -0.05) is 61.0 Å². The van der Waals surface area contributed by atoms with Crippen molar-refractivity contribution in [3.8, 4) is 5.75 Å². The topological polar surface area (TPSA) is 134 Å². The van der Waals surface area contributed by atoms with Crippen LogP contribution in [0.5, 0.6) is 5.75 Å². The molecule has 0 aliphatic heterocycles. The first-order chi connectivity index (χ1) is 19.4.